The molecule has 0 spiro atoms. The van der Waals surface area contributed by atoms with Crippen molar-refractivity contribution < 1.29 is 9.13 Å². The van der Waals surface area contributed by atoms with E-state index in [0.717, 1.165) is 29.8 Å². The van der Waals surface area contributed by atoms with E-state index in [1.807, 2.05) is 0 Å². The Kier molecular flexibility index (Phi) is 2.19. The SMILES string of the molecule is COc1ccc(F)c2c1CCNC2. The van der Waals surface area contributed by atoms with E-state index in [1.165, 1.54) is 6.07 Å². The molecule has 0 bridgehead atoms. The molecule has 0 saturated heterocycles. The number of ether oxygens (including phenoxy) is 1. The fourth-order valence-corrected chi connectivity index (χ4v) is 1.73. The lowest BCUT2D eigenvalue weighted by Crippen LogP contribution is -2.25. The quantitative estimate of drug-likeness (QED) is 0.708. The number of methoxy groups -OCH3 is 1. The van der Waals surface area contributed by atoms with Crippen molar-refractivity contribution in [1.82, 2.24) is 5.32 Å². The molecule has 1 N–H and O–H groups in total. The average molecular weight is 181 g/mol. The molecule has 1 heterocycles. The van der Waals surface area contributed by atoms with Gasteiger partial charge >= 0.3 is 0 Å². The highest BCUT2D eigenvalue weighted by Gasteiger charge is 2.16. The second-order valence-corrected chi connectivity index (χ2v) is 3.13. The molecule has 1 aromatic rings. The molecule has 1 aliphatic heterocycles. The summed E-state index contributed by atoms with van der Waals surface area (Å²) in [6, 6.07) is 3.16. The lowest BCUT2D eigenvalue weighted by atomic mass is 9.99. The Morgan fingerprint density at radius 2 is 2.23 bits per heavy atom. The molecule has 0 aromatic heterocycles. The molecule has 70 valence electrons. The van der Waals surface area contributed by atoms with E-state index in [0.29, 0.717) is 6.54 Å². The monoisotopic (exact) mass is 181 g/mol. The smallest absolute Gasteiger partial charge is 0.128 e. The van der Waals surface area contributed by atoms with Crippen LogP contribution in [0.2, 0.25) is 0 Å². The van der Waals surface area contributed by atoms with E-state index in [2.05, 4.69) is 5.32 Å². The van der Waals surface area contributed by atoms with Gasteiger partial charge in [-0.25, -0.2) is 4.39 Å². The second kappa shape index (κ2) is 3.34. The molecule has 0 radical (unpaired) electrons. The van der Waals surface area contributed by atoms with Gasteiger partial charge in [0.2, 0.25) is 0 Å². The Bertz CT molecular complexity index is 325. The predicted molar refractivity (Wildman–Crippen MR) is 48.4 cm³/mol. The minimum Gasteiger partial charge on any atom is -0.496 e. The van der Waals surface area contributed by atoms with E-state index >= 15 is 0 Å². The number of fused-ring (bicyclic) bond motifs is 1. The van der Waals surface area contributed by atoms with Gasteiger partial charge in [0.05, 0.1) is 7.11 Å². The highest BCUT2D eigenvalue weighted by molar-refractivity contribution is 5.42. The number of hydrogen-bond acceptors (Lipinski definition) is 2. The molecule has 0 amide bonds. The first-order valence-electron chi connectivity index (χ1n) is 4.38. The number of hydrogen-bond donors (Lipinski definition) is 1. The largest absolute Gasteiger partial charge is 0.496 e. The van der Waals surface area contributed by atoms with Gasteiger partial charge in [-0.15, -0.1) is 0 Å². The number of rotatable bonds is 1. The number of nitrogens with one attached hydrogen (secondary N) is 1. The minimum absolute atomic E-state index is 0.136. The summed E-state index contributed by atoms with van der Waals surface area (Å²) in [4.78, 5) is 0. The van der Waals surface area contributed by atoms with Gasteiger partial charge in [-0.1, -0.05) is 0 Å². The maximum atomic E-state index is 13.3. The van der Waals surface area contributed by atoms with Gasteiger partial charge in [0, 0.05) is 17.7 Å². The van der Waals surface area contributed by atoms with Crippen LogP contribution in [-0.4, -0.2) is 13.7 Å². The van der Waals surface area contributed by atoms with Crippen molar-refractivity contribution in [2.45, 2.75) is 13.0 Å². The molecule has 0 saturated carbocycles. The van der Waals surface area contributed by atoms with Crippen LogP contribution in [0.1, 0.15) is 11.1 Å². The zero-order valence-electron chi connectivity index (χ0n) is 7.56. The van der Waals surface area contributed by atoms with Crippen molar-refractivity contribution in [2.75, 3.05) is 13.7 Å². The molecule has 0 unspecified atom stereocenters. The van der Waals surface area contributed by atoms with Gasteiger partial charge < -0.3 is 10.1 Å². The van der Waals surface area contributed by atoms with Crippen LogP contribution < -0.4 is 10.1 Å². The standard InChI is InChI=1S/C10H12FNO/c1-13-10-3-2-9(11)8-6-12-5-4-7(8)10/h2-3,12H,4-6H2,1H3. The van der Waals surface area contributed by atoms with Crippen molar-refractivity contribution in [3.05, 3.63) is 29.1 Å². The van der Waals surface area contributed by atoms with Gasteiger partial charge in [0.1, 0.15) is 11.6 Å². The summed E-state index contributed by atoms with van der Waals surface area (Å²) >= 11 is 0. The molecule has 1 aliphatic rings. The van der Waals surface area contributed by atoms with Crippen LogP contribution in [0.15, 0.2) is 12.1 Å². The molecular formula is C10H12FNO. The third-order valence-electron chi connectivity index (χ3n) is 2.40. The van der Waals surface area contributed by atoms with Gasteiger partial charge in [-0.05, 0) is 25.1 Å². The fraction of sp³-hybridized carbons (Fsp3) is 0.400. The first-order valence-corrected chi connectivity index (χ1v) is 4.38. The van der Waals surface area contributed by atoms with Crippen LogP contribution in [-0.2, 0) is 13.0 Å². The lowest BCUT2D eigenvalue weighted by Gasteiger charge is -2.19. The van der Waals surface area contributed by atoms with Crippen LogP contribution in [0.25, 0.3) is 0 Å². The summed E-state index contributed by atoms with van der Waals surface area (Å²) in [5.41, 5.74) is 1.77. The third kappa shape index (κ3) is 1.40. The maximum absolute atomic E-state index is 13.3. The maximum Gasteiger partial charge on any atom is 0.128 e. The van der Waals surface area contributed by atoms with Crippen molar-refractivity contribution >= 4 is 0 Å². The summed E-state index contributed by atoms with van der Waals surface area (Å²) in [5, 5.41) is 3.14. The van der Waals surface area contributed by atoms with Gasteiger partial charge in [0.25, 0.3) is 0 Å². The summed E-state index contributed by atoms with van der Waals surface area (Å²) in [5.74, 6) is 0.668. The summed E-state index contributed by atoms with van der Waals surface area (Å²) < 4.78 is 18.5. The lowest BCUT2D eigenvalue weighted by molar-refractivity contribution is 0.403. The highest BCUT2D eigenvalue weighted by atomic mass is 19.1. The van der Waals surface area contributed by atoms with Gasteiger partial charge in [0.15, 0.2) is 0 Å². The fourth-order valence-electron chi connectivity index (χ4n) is 1.73. The Labute approximate surface area is 76.7 Å². The van der Waals surface area contributed by atoms with E-state index in [1.54, 1.807) is 13.2 Å². The molecule has 2 rings (SSSR count). The molecule has 0 atom stereocenters. The molecular weight excluding hydrogens is 169 g/mol. The molecule has 0 aliphatic carbocycles. The number of halogens is 1. The van der Waals surface area contributed by atoms with E-state index in [4.69, 9.17) is 4.74 Å². The molecule has 13 heavy (non-hydrogen) atoms. The van der Waals surface area contributed by atoms with E-state index in [9.17, 15) is 4.39 Å². The highest BCUT2D eigenvalue weighted by Crippen LogP contribution is 2.26. The zero-order chi connectivity index (χ0) is 9.26. The average Bonchev–Trinajstić information content (AvgIpc) is 2.19. The molecule has 3 heteroatoms. The summed E-state index contributed by atoms with van der Waals surface area (Å²) in [7, 11) is 1.62. The normalized spacial score (nSPS) is 15.2. The van der Waals surface area contributed by atoms with Crippen LogP contribution in [0, 0.1) is 5.82 Å². The third-order valence-corrected chi connectivity index (χ3v) is 2.40. The van der Waals surface area contributed by atoms with Gasteiger partial charge in [-0.3, -0.25) is 0 Å². The first kappa shape index (κ1) is 8.51. The van der Waals surface area contributed by atoms with E-state index < -0.39 is 0 Å². The van der Waals surface area contributed by atoms with Crippen LogP contribution in [0.4, 0.5) is 4.39 Å². The van der Waals surface area contributed by atoms with Crippen molar-refractivity contribution in [1.29, 1.82) is 0 Å². The van der Waals surface area contributed by atoms with Crippen molar-refractivity contribution in [3.63, 3.8) is 0 Å². The van der Waals surface area contributed by atoms with E-state index in [-0.39, 0.29) is 5.82 Å². The Hall–Kier alpha value is -1.09. The van der Waals surface area contributed by atoms with Crippen LogP contribution in [0.5, 0.6) is 5.75 Å². The topological polar surface area (TPSA) is 21.3 Å². The second-order valence-electron chi connectivity index (χ2n) is 3.13. The first-order chi connectivity index (χ1) is 6.33. The van der Waals surface area contributed by atoms with Crippen LogP contribution in [0.3, 0.4) is 0 Å². The zero-order valence-corrected chi connectivity index (χ0v) is 7.56. The number of benzene rings is 1. The van der Waals surface area contributed by atoms with Crippen molar-refractivity contribution in [2.24, 2.45) is 0 Å². The van der Waals surface area contributed by atoms with Crippen LogP contribution >= 0.6 is 0 Å². The molecule has 2 nitrogen and oxygen atoms in total. The van der Waals surface area contributed by atoms with Crippen molar-refractivity contribution in [3.8, 4) is 5.75 Å². The van der Waals surface area contributed by atoms with Gasteiger partial charge in [-0.2, -0.15) is 0 Å². The summed E-state index contributed by atoms with van der Waals surface area (Å²) in [6.07, 6.45) is 0.844. The Balaban J connectivity index is 2.52. The Morgan fingerprint density at radius 3 is 3.00 bits per heavy atom. The summed E-state index contributed by atoms with van der Waals surface area (Å²) in [6.45, 7) is 1.51. The molecule has 0 fully saturated rings. The minimum atomic E-state index is -0.136. The predicted octanol–water partition coefficient (Wildman–Crippen LogP) is 1.48. The Morgan fingerprint density at radius 1 is 1.38 bits per heavy atom. The molecule has 1 aromatic carbocycles.